The number of para-hydroxylation sites is 1. The molecule has 9 nitrogen and oxygen atoms in total. The zero-order valence-corrected chi connectivity index (χ0v) is 21.5. The van der Waals surface area contributed by atoms with Gasteiger partial charge in [0.25, 0.3) is 5.56 Å². The van der Waals surface area contributed by atoms with Crippen LogP contribution in [0.5, 0.6) is 5.75 Å². The first-order valence-electron chi connectivity index (χ1n) is 13.3. The van der Waals surface area contributed by atoms with Gasteiger partial charge in [0.05, 0.1) is 18.8 Å². The molecule has 2 aromatic carbocycles. The predicted octanol–water partition coefficient (Wildman–Crippen LogP) is 4.08. The van der Waals surface area contributed by atoms with E-state index in [-0.39, 0.29) is 17.4 Å². The number of aromatic amines is 1. The number of tetrazole rings is 1. The number of hydrogen-bond donors (Lipinski definition) is 1. The van der Waals surface area contributed by atoms with Gasteiger partial charge < -0.3 is 14.6 Å². The van der Waals surface area contributed by atoms with Gasteiger partial charge in [-0.1, -0.05) is 31.4 Å². The van der Waals surface area contributed by atoms with Crippen molar-refractivity contribution in [3.8, 4) is 5.75 Å². The van der Waals surface area contributed by atoms with Crippen molar-refractivity contribution in [2.24, 2.45) is 0 Å². The van der Waals surface area contributed by atoms with Crippen molar-refractivity contribution in [1.82, 2.24) is 30.1 Å². The van der Waals surface area contributed by atoms with Crippen LogP contribution in [-0.2, 0) is 0 Å². The molecule has 1 atom stereocenters. The lowest BCUT2D eigenvalue weighted by Gasteiger charge is -2.40. The number of hydrogen-bond acceptors (Lipinski definition) is 7. The van der Waals surface area contributed by atoms with Crippen LogP contribution < -0.4 is 15.2 Å². The SMILES string of the molecule is COc1ccc2[nH]c(=O)c(C(c3nnnn3C3CCCCC3)N3CCN(c4ccccc4F)CC3)cc2c1. The number of rotatable bonds is 6. The number of ether oxygens (including phenoxy) is 1. The molecule has 6 rings (SSSR count). The number of H-pyrrole nitrogens is 1. The lowest BCUT2D eigenvalue weighted by atomic mass is 9.95. The first kappa shape index (κ1) is 24.5. The number of fused-ring (bicyclic) bond motifs is 1. The zero-order chi connectivity index (χ0) is 26.1. The van der Waals surface area contributed by atoms with Crippen molar-refractivity contribution in [3.63, 3.8) is 0 Å². The zero-order valence-electron chi connectivity index (χ0n) is 21.5. The molecule has 2 aromatic heterocycles. The summed E-state index contributed by atoms with van der Waals surface area (Å²) in [5.41, 5.74) is 1.78. The van der Waals surface area contributed by atoms with E-state index in [0.29, 0.717) is 43.3 Å². The second-order valence-electron chi connectivity index (χ2n) is 10.2. The average Bonchev–Trinajstić information content (AvgIpc) is 3.44. The van der Waals surface area contributed by atoms with Crippen LogP contribution in [0.25, 0.3) is 10.9 Å². The molecular formula is C28H32FN7O2. The fourth-order valence-corrected chi connectivity index (χ4v) is 5.93. The third kappa shape index (κ3) is 4.64. The number of halogens is 1. The fourth-order valence-electron chi connectivity index (χ4n) is 5.93. The second kappa shape index (κ2) is 10.5. The molecule has 1 aliphatic heterocycles. The Labute approximate surface area is 220 Å². The summed E-state index contributed by atoms with van der Waals surface area (Å²) in [5, 5.41) is 13.9. The average molecular weight is 518 g/mol. The topological polar surface area (TPSA) is 92.2 Å². The van der Waals surface area contributed by atoms with Crippen LogP contribution in [-0.4, -0.2) is 63.4 Å². The molecule has 0 bridgehead atoms. The summed E-state index contributed by atoms with van der Waals surface area (Å²) >= 11 is 0. The molecule has 198 valence electrons. The Kier molecular flexibility index (Phi) is 6.80. The van der Waals surface area contributed by atoms with Gasteiger partial charge in [-0.2, -0.15) is 0 Å². The van der Waals surface area contributed by atoms with Crippen LogP contribution in [0.3, 0.4) is 0 Å². The Morgan fingerprint density at radius 1 is 1.03 bits per heavy atom. The highest BCUT2D eigenvalue weighted by molar-refractivity contribution is 5.80. The van der Waals surface area contributed by atoms with Gasteiger partial charge in [-0.05, 0) is 59.7 Å². The lowest BCUT2D eigenvalue weighted by molar-refractivity contribution is 0.192. The molecule has 10 heteroatoms. The Morgan fingerprint density at radius 2 is 1.82 bits per heavy atom. The molecule has 0 spiro atoms. The summed E-state index contributed by atoms with van der Waals surface area (Å²) in [6, 6.07) is 14.2. The molecule has 38 heavy (non-hydrogen) atoms. The van der Waals surface area contributed by atoms with Gasteiger partial charge in [0, 0.05) is 42.6 Å². The first-order chi connectivity index (χ1) is 18.6. The van der Waals surface area contributed by atoms with Crippen molar-refractivity contribution in [1.29, 1.82) is 0 Å². The highest BCUT2D eigenvalue weighted by atomic mass is 19.1. The van der Waals surface area contributed by atoms with E-state index in [9.17, 15) is 9.18 Å². The fraction of sp³-hybridized carbons (Fsp3) is 0.429. The minimum Gasteiger partial charge on any atom is -0.497 e. The maximum absolute atomic E-state index is 14.5. The van der Waals surface area contributed by atoms with Crippen molar-refractivity contribution in [2.75, 3.05) is 38.2 Å². The van der Waals surface area contributed by atoms with Gasteiger partial charge in [-0.3, -0.25) is 9.69 Å². The van der Waals surface area contributed by atoms with Crippen LogP contribution in [0.1, 0.15) is 55.6 Å². The Hall–Kier alpha value is -3.79. The predicted molar refractivity (Wildman–Crippen MR) is 143 cm³/mol. The van der Waals surface area contributed by atoms with E-state index in [1.54, 1.807) is 13.2 Å². The third-order valence-corrected chi connectivity index (χ3v) is 7.93. The highest BCUT2D eigenvalue weighted by Crippen LogP contribution is 2.34. The molecule has 1 saturated heterocycles. The molecule has 1 saturated carbocycles. The molecule has 1 unspecified atom stereocenters. The molecule has 0 amide bonds. The molecule has 2 fully saturated rings. The Bertz CT molecular complexity index is 1470. The minimum atomic E-state index is -0.436. The molecular weight excluding hydrogens is 485 g/mol. The summed E-state index contributed by atoms with van der Waals surface area (Å²) in [4.78, 5) is 20.9. The number of pyridine rings is 1. The number of nitrogens with one attached hydrogen (secondary N) is 1. The molecule has 0 radical (unpaired) electrons. The number of nitrogens with zero attached hydrogens (tertiary/aromatic N) is 6. The van der Waals surface area contributed by atoms with Gasteiger partial charge in [0.1, 0.15) is 17.6 Å². The molecule has 3 heterocycles. The van der Waals surface area contributed by atoms with Gasteiger partial charge in [-0.15, -0.1) is 5.10 Å². The number of piperazine rings is 1. The van der Waals surface area contributed by atoms with Crippen molar-refractivity contribution in [3.05, 3.63) is 76.1 Å². The summed E-state index contributed by atoms with van der Waals surface area (Å²) < 4.78 is 21.9. The van der Waals surface area contributed by atoms with E-state index in [1.807, 2.05) is 41.1 Å². The molecule has 1 aliphatic carbocycles. The van der Waals surface area contributed by atoms with E-state index >= 15 is 0 Å². The first-order valence-corrected chi connectivity index (χ1v) is 13.3. The van der Waals surface area contributed by atoms with E-state index in [1.165, 1.54) is 12.5 Å². The molecule has 1 N–H and O–H groups in total. The van der Waals surface area contributed by atoms with Crippen LogP contribution in [0.15, 0.2) is 53.3 Å². The molecule has 4 aromatic rings. The summed E-state index contributed by atoms with van der Waals surface area (Å²) in [6.45, 7) is 2.52. The van der Waals surface area contributed by atoms with E-state index in [0.717, 1.165) is 42.3 Å². The van der Waals surface area contributed by atoms with E-state index < -0.39 is 6.04 Å². The van der Waals surface area contributed by atoms with Gasteiger partial charge in [0.15, 0.2) is 5.82 Å². The van der Waals surface area contributed by atoms with Gasteiger partial charge >= 0.3 is 0 Å². The summed E-state index contributed by atoms with van der Waals surface area (Å²) in [5.74, 6) is 1.18. The largest absolute Gasteiger partial charge is 0.497 e. The summed E-state index contributed by atoms with van der Waals surface area (Å²) in [6.07, 6.45) is 5.56. The third-order valence-electron chi connectivity index (χ3n) is 7.93. The summed E-state index contributed by atoms with van der Waals surface area (Å²) in [7, 11) is 1.63. The van der Waals surface area contributed by atoms with E-state index in [4.69, 9.17) is 4.74 Å². The Balaban J connectivity index is 1.40. The smallest absolute Gasteiger partial charge is 0.253 e. The van der Waals surface area contributed by atoms with Crippen molar-refractivity contribution >= 4 is 16.6 Å². The maximum atomic E-state index is 14.5. The van der Waals surface area contributed by atoms with Gasteiger partial charge in [0.2, 0.25) is 0 Å². The maximum Gasteiger partial charge on any atom is 0.253 e. The normalized spacial score (nSPS) is 18.1. The van der Waals surface area contributed by atoms with Crippen molar-refractivity contribution in [2.45, 2.75) is 44.2 Å². The molecule has 2 aliphatic rings. The lowest BCUT2D eigenvalue weighted by Crippen LogP contribution is -2.49. The monoisotopic (exact) mass is 517 g/mol. The highest BCUT2D eigenvalue weighted by Gasteiger charge is 2.34. The van der Waals surface area contributed by atoms with Crippen LogP contribution in [0, 0.1) is 5.82 Å². The number of benzene rings is 2. The second-order valence-corrected chi connectivity index (χ2v) is 10.2. The number of methoxy groups -OCH3 is 1. The minimum absolute atomic E-state index is 0.164. The van der Waals surface area contributed by atoms with E-state index in [2.05, 4.69) is 30.3 Å². The van der Waals surface area contributed by atoms with Crippen LogP contribution in [0.4, 0.5) is 10.1 Å². The van der Waals surface area contributed by atoms with Crippen LogP contribution >= 0.6 is 0 Å². The Morgan fingerprint density at radius 3 is 2.58 bits per heavy atom. The van der Waals surface area contributed by atoms with Crippen molar-refractivity contribution < 1.29 is 9.13 Å². The number of anilines is 1. The van der Waals surface area contributed by atoms with Gasteiger partial charge in [-0.25, -0.2) is 9.07 Å². The van der Waals surface area contributed by atoms with Crippen LogP contribution in [0.2, 0.25) is 0 Å². The number of aromatic nitrogens is 5. The standard InChI is InChI=1S/C28H32FN7O2/c1-38-21-11-12-24-19(17-21)18-22(28(37)30-24)26(27-31-32-33-36(27)20-7-3-2-4-8-20)35-15-13-34(14-16-35)25-10-6-5-9-23(25)29/h5-6,9-12,17-18,20,26H,2-4,7-8,13-16H2,1H3,(H,30,37). The quantitative estimate of drug-likeness (QED) is 0.412.